The number of rotatable bonds is 3. The van der Waals surface area contributed by atoms with Crippen molar-refractivity contribution < 1.29 is 4.79 Å². The Bertz CT molecular complexity index is 337. The van der Waals surface area contributed by atoms with Crippen molar-refractivity contribution in [2.75, 3.05) is 18.4 Å². The number of carbonyl (C=O) groups excluding carboxylic acids is 1. The van der Waals surface area contributed by atoms with Crippen LogP contribution in [0.4, 0.5) is 5.69 Å². The van der Waals surface area contributed by atoms with Crippen molar-refractivity contribution in [1.29, 1.82) is 0 Å². The van der Waals surface area contributed by atoms with E-state index in [-0.39, 0.29) is 11.8 Å². The van der Waals surface area contributed by atoms with Gasteiger partial charge >= 0.3 is 0 Å². The number of nitrogens with one attached hydrogen (secondary N) is 2. The van der Waals surface area contributed by atoms with Crippen molar-refractivity contribution in [2.24, 2.45) is 11.8 Å². The number of hydrogen-bond donors (Lipinski definition) is 2. The monoisotopic (exact) mass is 206 g/mol. The molecule has 2 heterocycles. The van der Waals surface area contributed by atoms with E-state index < -0.39 is 0 Å². The van der Waals surface area contributed by atoms with Crippen LogP contribution in [0.15, 0.2) is 18.7 Å². The molecule has 1 aliphatic heterocycles. The highest BCUT2D eigenvalue weighted by atomic mass is 16.1. The molecule has 0 spiro atoms. The fourth-order valence-corrected chi connectivity index (χ4v) is 1.50. The molecule has 1 atom stereocenters. The Balaban J connectivity index is 1.91. The van der Waals surface area contributed by atoms with Crippen LogP contribution in [-0.4, -0.2) is 29.0 Å². The van der Waals surface area contributed by atoms with Crippen LogP contribution in [0.25, 0.3) is 0 Å². The van der Waals surface area contributed by atoms with E-state index in [1.807, 2.05) is 6.92 Å². The molecule has 1 aromatic heterocycles. The van der Waals surface area contributed by atoms with Crippen LogP contribution in [0.3, 0.4) is 0 Å². The summed E-state index contributed by atoms with van der Waals surface area (Å²) < 4.78 is 0. The molecule has 5 nitrogen and oxygen atoms in total. The highest BCUT2D eigenvalue weighted by Crippen LogP contribution is 2.17. The van der Waals surface area contributed by atoms with Gasteiger partial charge in [0, 0.05) is 5.92 Å². The molecular formula is C10H14N4O. The number of anilines is 1. The molecule has 0 saturated carbocycles. The van der Waals surface area contributed by atoms with E-state index in [2.05, 4.69) is 20.6 Å². The largest absolute Gasteiger partial charge is 0.323 e. The van der Waals surface area contributed by atoms with Gasteiger partial charge in [-0.3, -0.25) is 4.79 Å². The number of hydrogen-bond acceptors (Lipinski definition) is 4. The second kappa shape index (κ2) is 4.35. The molecule has 0 radical (unpaired) electrons. The van der Waals surface area contributed by atoms with Gasteiger partial charge in [0.05, 0.1) is 18.1 Å². The summed E-state index contributed by atoms with van der Waals surface area (Å²) in [5.74, 6) is 0.525. The van der Waals surface area contributed by atoms with Crippen LogP contribution >= 0.6 is 0 Å². The summed E-state index contributed by atoms with van der Waals surface area (Å²) in [5, 5.41) is 5.96. The van der Waals surface area contributed by atoms with Gasteiger partial charge < -0.3 is 10.6 Å². The van der Waals surface area contributed by atoms with Crippen LogP contribution in [-0.2, 0) is 4.79 Å². The van der Waals surface area contributed by atoms with Crippen LogP contribution < -0.4 is 10.6 Å². The Morgan fingerprint density at radius 3 is 2.73 bits per heavy atom. The molecule has 2 rings (SSSR count). The third kappa shape index (κ3) is 2.30. The van der Waals surface area contributed by atoms with Crippen molar-refractivity contribution in [1.82, 2.24) is 15.3 Å². The Morgan fingerprint density at radius 2 is 2.20 bits per heavy atom. The highest BCUT2D eigenvalue weighted by molar-refractivity contribution is 5.92. The fraction of sp³-hybridized carbons (Fsp3) is 0.500. The van der Waals surface area contributed by atoms with Crippen LogP contribution in [0.5, 0.6) is 0 Å². The molecule has 1 aliphatic rings. The number of nitrogens with zero attached hydrogens (tertiary/aromatic N) is 2. The minimum Gasteiger partial charge on any atom is -0.323 e. The first-order valence-electron chi connectivity index (χ1n) is 5.04. The molecule has 2 N–H and O–H groups in total. The van der Waals surface area contributed by atoms with E-state index in [9.17, 15) is 4.79 Å². The number of aromatic nitrogens is 2. The van der Waals surface area contributed by atoms with Gasteiger partial charge in [0.15, 0.2) is 0 Å². The van der Waals surface area contributed by atoms with E-state index in [1.165, 1.54) is 6.33 Å². The zero-order valence-corrected chi connectivity index (χ0v) is 8.60. The van der Waals surface area contributed by atoms with Gasteiger partial charge in [-0.25, -0.2) is 9.97 Å². The summed E-state index contributed by atoms with van der Waals surface area (Å²) in [6.07, 6.45) is 4.63. The molecule has 80 valence electrons. The Labute approximate surface area is 88.3 Å². The maximum Gasteiger partial charge on any atom is 0.227 e. The molecule has 0 aromatic carbocycles. The third-order valence-corrected chi connectivity index (χ3v) is 2.76. The van der Waals surface area contributed by atoms with Gasteiger partial charge in [-0.1, -0.05) is 6.92 Å². The smallest absolute Gasteiger partial charge is 0.227 e. The summed E-state index contributed by atoms with van der Waals surface area (Å²) in [7, 11) is 0. The third-order valence-electron chi connectivity index (χ3n) is 2.76. The standard InChI is InChI=1S/C10H14N4O/c1-7(8-2-11-3-8)10(15)14-9-4-12-6-13-5-9/h4-8,11H,2-3H2,1H3,(H,14,15). The fourth-order valence-electron chi connectivity index (χ4n) is 1.50. The topological polar surface area (TPSA) is 66.9 Å². The summed E-state index contributed by atoms with van der Waals surface area (Å²) >= 11 is 0. The molecule has 1 unspecified atom stereocenters. The lowest BCUT2D eigenvalue weighted by molar-refractivity contribution is -0.121. The van der Waals surface area contributed by atoms with Crippen molar-refractivity contribution in [3.8, 4) is 0 Å². The van der Waals surface area contributed by atoms with Gasteiger partial charge in [0.2, 0.25) is 5.91 Å². The SMILES string of the molecule is CC(C(=O)Nc1cncnc1)C1CNC1. The van der Waals surface area contributed by atoms with Crippen molar-refractivity contribution >= 4 is 11.6 Å². The van der Waals surface area contributed by atoms with Crippen LogP contribution in [0, 0.1) is 11.8 Å². The zero-order chi connectivity index (χ0) is 10.7. The Morgan fingerprint density at radius 1 is 1.53 bits per heavy atom. The van der Waals surface area contributed by atoms with Crippen molar-refractivity contribution in [3.63, 3.8) is 0 Å². The maximum absolute atomic E-state index is 11.8. The first-order chi connectivity index (χ1) is 7.27. The predicted molar refractivity (Wildman–Crippen MR) is 56.2 cm³/mol. The first kappa shape index (κ1) is 10.0. The predicted octanol–water partition coefficient (Wildman–Crippen LogP) is 0.271. The molecule has 0 bridgehead atoms. The lowest BCUT2D eigenvalue weighted by Gasteiger charge is -2.31. The minimum absolute atomic E-state index is 0.0338. The Hall–Kier alpha value is -1.49. The molecule has 0 aliphatic carbocycles. The second-order valence-electron chi connectivity index (χ2n) is 3.82. The number of carbonyl (C=O) groups is 1. The van der Waals surface area contributed by atoms with E-state index in [0.717, 1.165) is 13.1 Å². The number of amides is 1. The first-order valence-corrected chi connectivity index (χ1v) is 5.04. The van der Waals surface area contributed by atoms with Gasteiger partial charge in [-0.2, -0.15) is 0 Å². The summed E-state index contributed by atoms with van der Waals surface area (Å²) in [5.41, 5.74) is 0.654. The lowest BCUT2D eigenvalue weighted by Crippen LogP contribution is -2.48. The molecule has 1 saturated heterocycles. The molecular weight excluding hydrogens is 192 g/mol. The highest BCUT2D eigenvalue weighted by Gasteiger charge is 2.28. The normalized spacial score (nSPS) is 17.9. The van der Waals surface area contributed by atoms with E-state index in [0.29, 0.717) is 11.6 Å². The van der Waals surface area contributed by atoms with Gasteiger partial charge in [-0.15, -0.1) is 0 Å². The maximum atomic E-state index is 11.8. The second-order valence-corrected chi connectivity index (χ2v) is 3.82. The average Bonchev–Trinajstić information content (AvgIpc) is 2.16. The van der Waals surface area contributed by atoms with Gasteiger partial charge in [0.1, 0.15) is 6.33 Å². The minimum atomic E-state index is 0.0338. The molecule has 5 heteroatoms. The average molecular weight is 206 g/mol. The van der Waals surface area contributed by atoms with Gasteiger partial charge in [0.25, 0.3) is 0 Å². The van der Waals surface area contributed by atoms with E-state index in [1.54, 1.807) is 12.4 Å². The van der Waals surface area contributed by atoms with Crippen LogP contribution in [0.1, 0.15) is 6.92 Å². The quantitative estimate of drug-likeness (QED) is 0.745. The summed E-state index contributed by atoms with van der Waals surface area (Å²) in [6, 6.07) is 0. The van der Waals surface area contributed by atoms with E-state index in [4.69, 9.17) is 0 Å². The molecule has 1 fully saturated rings. The van der Waals surface area contributed by atoms with Crippen molar-refractivity contribution in [2.45, 2.75) is 6.92 Å². The molecule has 15 heavy (non-hydrogen) atoms. The lowest BCUT2D eigenvalue weighted by atomic mass is 9.88. The summed E-state index contributed by atoms with van der Waals surface area (Å²) in [6.45, 7) is 3.81. The van der Waals surface area contributed by atoms with Crippen molar-refractivity contribution in [3.05, 3.63) is 18.7 Å². The zero-order valence-electron chi connectivity index (χ0n) is 8.60. The van der Waals surface area contributed by atoms with Gasteiger partial charge in [-0.05, 0) is 19.0 Å². The Kier molecular flexibility index (Phi) is 2.91. The van der Waals surface area contributed by atoms with Crippen LogP contribution in [0.2, 0.25) is 0 Å². The van der Waals surface area contributed by atoms with E-state index >= 15 is 0 Å². The molecule has 1 aromatic rings. The summed E-state index contributed by atoms with van der Waals surface area (Å²) in [4.78, 5) is 19.4. The molecule has 1 amide bonds.